The Morgan fingerprint density at radius 3 is 2.14 bits per heavy atom. The van der Waals surface area contributed by atoms with Crippen LogP contribution in [0.5, 0.6) is 0 Å². The number of nitrogens with zero attached hydrogens (tertiary/aromatic N) is 1. The predicted octanol–water partition coefficient (Wildman–Crippen LogP) is 7.85. The molecular weight excluding hydrogens is 432 g/mol. The minimum absolute atomic E-state index is 0.00211. The second-order valence-electron chi connectivity index (χ2n) is 12.9. The third-order valence-electron chi connectivity index (χ3n) is 7.74. The molecule has 2 atom stereocenters. The molecule has 3 aliphatic rings. The molecule has 4 heteroatoms. The summed E-state index contributed by atoms with van der Waals surface area (Å²) < 4.78 is 7.03. The summed E-state index contributed by atoms with van der Waals surface area (Å²) in [6, 6.07) is 20.3. The zero-order chi connectivity index (χ0) is 24.9. The molecule has 0 amide bonds. The summed E-state index contributed by atoms with van der Waals surface area (Å²) in [4.78, 5) is 18.7. The average Bonchev–Trinajstić information content (AvgIpc) is 2.71. The normalized spacial score (nSPS) is 29.4. The van der Waals surface area contributed by atoms with E-state index >= 15 is 0 Å². The highest BCUT2D eigenvalue weighted by Gasteiger charge is 2.59. The zero-order valence-corrected chi connectivity index (χ0v) is 21.8. The van der Waals surface area contributed by atoms with Crippen LogP contribution < -0.4 is 5.32 Å². The molecule has 0 spiro atoms. The Morgan fingerprint density at radius 1 is 0.800 bits per heavy atom. The van der Waals surface area contributed by atoms with Gasteiger partial charge in [0.05, 0.1) is 5.69 Å². The number of nitrogens with one attached hydrogen (secondary N) is 1. The maximum Gasteiger partial charge on any atom is 0.295 e. The Kier molecular flexibility index (Phi) is 5.69. The molecule has 0 radical (unpaired) electrons. The van der Waals surface area contributed by atoms with Crippen LogP contribution in [0.15, 0.2) is 76.8 Å². The van der Waals surface area contributed by atoms with Crippen molar-refractivity contribution in [3.05, 3.63) is 71.8 Å². The van der Waals surface area contributed by atoms with Crippen LogP contribution in [0.3, 0.4) is 0 Å². The van der Waals surface area contributed by atoms with E-state index in [9.17, 15) is 4.79 Å². The van der Waals surface area contributed by atoms with Gasteiger partial charge >= 0.3 is 0 Å². The van der Waals surface area contributed by atoms with Crippen molar-refractivity contribution in [1.82, 2.24) is 0 Å². The minimum Gasteiger partial charge on any atom is -0.453 e. The maximum absolute atomic E-state index is 13.8. The maximum atomic E-state index is 13.8. The monoisotopic (exact) mass is 470 g/mol. The lowest BCUT2D eigenvalue weighted by Crippen LogP contribution is -2.57. The lowest BCUT2D eigenvalue weighted by Gasteiger charge is -2.58. The molecule has 2 aromatic rings. The number of allylic oxidation sites excluding steroid dienone is 1. The molecule has 2 aromatic carbocycles. The van der Waals surface area contributed by atoms with Crippen LogP contribution in [0.4, 0.5) is 11.4 Å². The molecule has 1 fully saturated rings. The second kappa shape index (κ2) is 8.36. The summed E-state index contributed by atoms with van der Waals surface area (Å²) in [5.41, 5.74) is 3.47. The summed E-state index contributed by atoms with van der Waals surface area (Å²) in [5, 5.41) is 3.43. The lowest BCUT2D eigenvalue weighted by molar-refractivity contribution is -0.126. The number of anilines is 1. The van der Waals surface area contributed by atoms with Crippen molar-refractivity contribution in [3.8, 4) is 0 Å². The van der Waals surface area contributed by atoms with Crippen LogP contribution >= 0.6 is 0 Å². The number of amidine groups is 1. The third-order valence-corrected chi connectivity index (χ3v) is 7.74. The van der Waals surface area contributed by atoms with E-state index in [-0.39, 0.29) is 22.0 Å². The van der Waals surface area contributed by atoms with Crippen molar-refractivity contribution in [3.63, 3.8) is 0 Å². The molecule has 1 N–H and O–H groups in total. The number of fused-ring (bicyclic) bond motifs is 3. The Bertz CT molecular complexity index is 1180. The fourth-order valence-electron chi connectivity index (χ4n) is 7.45. The van der Waals surface area contributed by atoms with E-state index in [1.807, 2.05) is 60.7 Å². The lowest BCUT2D eigenvalue weighted by atomic mass is 9.49. The first-order valence-corrected chi connectivity index (χ1v) is 12.9. The summed E-state index contributed by atoms with van der Waals surface area (Å²) in [6.45, 7) is 11.5. The number of carbonyl (C=O) groups is 1. The van der Waals surface area contributed by atoms with Gasteiger partial charge in [0.1, 0.15) is 5.60 Å². The van der Waals surface area contributed by atoms with Gasteiger partial charge in [-0.15, -0.1) is 0 Å². The summed E-state index contributed by atoms with van der Waals surface area (Å²) in [7, 11) is 0. The van der Waals surface area contributed by atoms with Gasteiger partial charge in [-0.2, -0.15) is 4.99 Å². The number of benzene rings is 2. The quantitative estimate of drug-likeness (QED) is 0.367. The van der Waals surface area contributed by atoms with Crippen molar-refractivity contribution in [1.29, 1.82) is 0 Å². The summed E-state index contributed by atoms with van der Waals surface area (Å²) >= 11 is 0. The molecule has 5 rings (SSSR count). The number of ether oxygens (including phenoxy) is 1. The van der Waals surface area contributed by atoms with Gasteiger partial charge in [-0.1, -0.05) is 76.6 Å². The molecule has 0 aliphatic heterocycles. The van der Waals surface area contributed by atoms with E-state index in [0.717, 1.165) is 49.1 Å². The Hall–Kier alpha value is -2.88. The van der Waals surface area contributed by atoms with Gasteiger partial charge < -0.3 is 10.1 Å². The number of aliphatic imine (C=N–C) groups is 1. The molecule has 2 bridgehead atoms. The zero-order valence-electron chi connectivity index (χ0n) is 21.8. The minimum atomic E-state index is -0.674. The van der Waals surface area contributed by atoms with Crippen molar-refractivity contribution >= 4 is 23.2 Å². The van der Waals surface area contributed by atoms with Crippen LogP contribution in [-0.4, -0.2) is 17.4 Å². The highest BCUT2D eigenvalue weighted by Crippen LogP contribution is 2.62. The Labute approximate surface area is 209 Å². The molecule has 0 saturated heterocycles. The molecule has 184 valence electrons. The van der Waals surface area contributed by atoms with Crippen molar-refractivity contribution < 1.29 is 9.53 Å². The SMILES string of the molecule is CC1(C)CC(=O)C2=C(C1)C[C@]1(C)CC(C)(C)C[C@]2(OC(=Nc2ccccc2)Nc2ccccc2)C1. The number of para-hydroxylation sites is 2. The number of hydrogen-bond donors (Lipinski definition) is 1. The number of ketones is 1. The van der Waals surface area contributed by atoms with Gasteiger partial charge in [-0.25, -0.2) is 0 Å². The molecule has 1 saturated carbocycles. The van der Waals surface area contributed by atoms with E-state index in [1.165, 1.54) is 5.57 Å². The third kappa shape index (κ3) is 4.94. The summed E-state index contributed by atoms with van der Waals surface area (Å²) in [6.07, 6.45) is 5.32. The van der Waals surface area contributed by atoms with Crippen LogP contribution in [0, 0.1) is 16.2 Å². The van der Waals surface area contributed by atoms with Gasteiger partial charge in [0.2, 0.25) is 0 Å². The number of rotatable bonds is 3. The summed E-state index contributed by atoms with van der Waals surface area (Å²) in [5.74, 6) is 0.259. The second-order valence-corrected chi connectivity index (χ2v) is 12.9. The topological polar surface area (TPSA) is 50.7 Å². The number of hydrogen-bond acceptors (Lipinski definition) is 3. The predicted molar refractivity (Wildman–Crippen MR) is 143 cm³/mol. The van der Waals surface area contributed by atoms with Crippen molar-refractivity contribution in [2.24, 2.45) is 21.2 Å². The molecule has 3 aliphatic carbocycles. The Balaban J connectivity index is 1.63. The molecule has 0 heterocycles. The number of carbonyl (C=O) groups excluding carboxylic acids is 1. The molecular formula is C31H38N2O2. The molecule has 4 nitrogen and oxygen atoms in total. The van der Waals surface area contributed by atoms with E-state index in [1.54, 1.807) is 0 Å². The van der Waals surface area contributed by atoms with Gasteiger partial charge in [-0.3, -0.25) is 4.79 Å². The van der Waals surface area contributed by atoms with Gasteiger partial charge in [-0.05, 0) is 72.6 Å². The number of Topliss-reactive ketones (excluding diaryl/α,β-unsaturated/α-hetero) is 1. The van der Waals surface area contributed by atoms with E-state index in [2.05, 4.69) is 39.9 Å². The van der Waals surface area contributed by atoms with Crippen LogP contribution in [-0.2, 0) is 9.53 Å². The van der Waals surface area contributed by atoms with Gasteiger partial charge in [0, 0.05) is 17.7 Å². The fourth-order valence-corrected chi connectivity index (χ4v) is 7.45. The highest BCUT2D eigenvalue weighted by atomic mass is 16.5. The Morgan fingerprint density at radius 2 is 1.46 bits per heavy atom. The first-order chi connectivity index (χ1) is 16.5. The van der Waals surface area contributed by atoms with E-state index in [4.69, 9.17) is 9.73 Å². The van der Waals surface area contributed by atoms with Gasteiger partial charge in [0.15, 0.2) is 5.78 Å². The molecule has 0 aromatic heterocycles. The first-order valence-electron chi connectivity index (χ1n) is 12.9. The largest absolute Gasteiger partial charge is 0.453 e. The first kappa shape index (κ1) is 23.8. The smallest absolute Gasteiger partial charge is 0.295 e. The molecule has 35 heavy (non-hydrogen) atoms. The van der Waals surface area contributed by atoms with E-state index < -0.39 is 5.60 Å². The van der Waals surface area contributed by atoms with Crippen LogP contribution in [0.2, 0.25) is 0 Å². The highest BCUT2D eigenvalue weighted by molar-refractivity contribution is 6.01. The van der Waals surface area contributed by atoms with E-state index in [0.29, 0.717) is 12.4 Å². The van der Waals surface area contributed by atoms with Crippen LogP contribution in [0.1, 0.15) is 73.1 Å². The average molecular weight is 471 g/mol. The van der Waals surface area contributed by atoms with Gasteiger partial charge in [0.25, 0.3) is 6.02 Å². The standard InChI is InChI=1S/C31H38N2O2/c1-28(2)16-22-17-30(5)19-29(3,4)20-31(21-30,26(22)25(34)18-28)35-27(32-23-12-8-6-9-13-23)33-24-14-10-7-11-15-24/h6-15H,16-21H2,1-5H3,(H,32,33)/t30-,31+/m1/s1. The van der Waals surface area contributed by atoms with Crippen molar-refractivity contribution in [2.45, 2.75) is 78.7 Å². The van der Waals surface area contributed by atoms with Crippen LogP contribution in [0.25, 0.3) is 0 Å². The molecule has 0 unspecified atom stereocenters. The van der Waals surface area contributed by atoms with Crippen molar-refractivity contribution in [2.75, 3.05) is 5.32 Å². The fraction of sp³-hybridized carbons (Fsp3) is 0.484.